The van der Waals surface area contributed by atoms with Gasteiger partial charge in [0.25, 0.3) is 0 Å². The quantitative estimate of drug-likeness (QED) is 0.133. The molecule has 2 aliphatic rings. The molecular weight excluding hydrogens is 685 g/mol. The summed E-state index contributed by atoms with van der Waals surface area (Å²) in [7, 11) is -0.432. The zero-order valence-electron chi connectivity index (χ0n) is 27.1. The summed E-state index contributed by atoms with van der Waals surface area (Å²) in [5, 5.41) is 11.6. The van der Waals surface area contributed by atoms with Crippen LogP contribution in [0, 0.1) is 0 Å². The van der Waals surface area contributed by atoms with Crippen LogP contribution in [0.15, 0.2) is 133 Å². The molecule has 5 heteroatoms. The Morgan fingerprint density at radius 1 is 0.447 bits per heavy atom. The largest absolute Gasteiger partial charge is 4.00 e. The molecule has 240 valence electrons. The Bertz CT molecular complexity index is 1630. The number of rotatable bonds is 6. The van der Waals surface area contributed by atoms with Crippen LogP contribution in [-0.2, 0) is 21.7 Å². The Hall–Kier alpha value is -1.75. The van der Waals surface area contributed by atoms with E-state index in [2.05, 4.69) is 133 Å². The molecule has 0 radical (unpaired) electrons. The first-order valence-electron chi connectivity index (χ1n) is 16.8. The van der Waals surface area contributed by atoms with Gasteiger partial charge in [-0.05, 0) is 55.5 Å². The van der Waals surface area contributed by atoms with Crippen molar-refractivity contribution in [2.24, 2.45) is 0 Å². The van der Waals surface area contributed by atoms with Crippen molar-refractivity contribution in [2.75, 3.05) is 0 Å². The van der Waals surface area contributed by atoms with E-state index in [0.29, 0.717) is 0 Å². The molecule has 0 nitrogen and oxygen atoms in total. The van der Waals surface area contributed by atoms with Gasteiger partial charge in [-0.3, -0.25) is 0 Å². The first-order chi connectivity index (χ1) is 21.8. The summed E-state index contributed by atoms with van der Waals surface area (Å²) in [6.45, 7) is 0. The third-order valence-corrected chi connectivity index (χ3v) is 15.6. The van der Waals surface area contributed by atoms with Gasteiger partial charge in [-0.25, -0.2) is 0 Å². The van der Waals surface area contributed by atoms with Crippen molar-refractivity contribution in [2.45, 2.75) is 75.5 Å². The SMILES string of the molecule is [Cl-].[Cl-].[Ti+4].c1ccc(P(c2ccccc2)c2cc3ccccc3[cH-]2)cc1.c1ccc2[cH-]c(P(C3CCCCC3)C3CCCCC3)cc2c1. The Kier molecular flexibility index (Phi) is 15.3. The van der Waals surface area contributed by atoms with Gasteiger partial charge in [0.1, 0.15) is 0 Å². The van der Waals surface area contributed by atoms with Crippen LogP contribution in [0.3, 0.4) is 0 Å². The summed E-state index contributed by atoms with van der Waals surface area (Å²) in [5.41, 5.74) is 2.03. The molecule has 0 heterocycles. The average Bonchev–Trinajstić information content (AvgIpc) is 3.72. The minimum Gasteiger partial charge on any atom is -1.00 e. The van der Waals surface area contributed by atoms with Crippen LogP contribution in [0.2, 0.25) is 0 Å². The topological polar surface area (TPSA) is 0 Å². The summed E-state index contributed by atoms with van der Waals surface area (Å²) in [4.78, 5) is 0. The van der Waals surface area contributed by atoms with Crippen molar-refractivity contribution in [3.05, 3.63) is 133 Å². The van der Waals surface area contributed by atoms with Crippen molar-refractivity contribution in [1.29, 1.82) is 0 Å². The van der Waals surface area contributed by atoms with Gasteiger partial charge < -0.3 is 24.8 Å². The molecule has 0 atom stereocenters. The van der Waals surface area contributed by atoms with E-state index < -0.39 is 7.92 Å². The summed E-state index contributed by atoms with van der Waals surface area (Å²) >= 11 is 0. The molecule has 6 aromatic carbocycles. The number of hydrogen-bond acceptors (Lipinski definition) is 0. The number of fused-ring (bicyclic) bond motifs is 2. The molecule has 47 heavy (non-hydrogen) atoms. The normalized spacial score (nSPS) is 15.4. The van der Waals surface area contributed by atoms with Gasteiger partial charge in [0, 0.05) is 0 Å². The summed E-state index contributed by atoms with van der Waals surface area (Å²) in [5.74, 6) is 0. The van der Waals surface area contributed by atoms with Crippen LogP contribution in [0.5, 0.6) is 0 Å². The summed E-state index contributed by atoms with van der Waals surface area (Å²) in [6.07, 6.45) is 14.9. The van der Waals surface area contributed by atoms with E-state index in [4.69, 9.17) is 0 Å². The van der Waals surface area contributed by atoms with Crippen molar-refractivity contribution >= 4 is 58.6 Å². The molecule has 8 rings (SSSR count). The second-order valence-corrected chi connectivity index (χ2v) is 17.7. The zero-order valence-corrected chi connectivity index (χ0v) is 31.9. The predicted molar refractivity (Wildman–Crippen MR) is 198 cm³/mol. The molecule has 0 saturated heterocycles. The van der Waals surface area contributed by atoms with E-state index in [1.807, 2.05) is 0 Å². The van der Waals surface area contributed by atoms with Crippen LogP contribution in [0.25, 0.3) is 21.5 Å². The molecular formula is C42H44Cl2P2Ti. The van der Waals surface area contributed by atoms with Crippen molar-refractivity contribution < 1.29 is 46.5 Å². The molecule has 0 aromatic heterocycles. The zero-order chi connectivity index (χ0) is 29.6. The second kappa shape index (κ2) is 18.9. The van der Waals surface area contributed by atoms with Gasteiger partial charge >= 0.3 is 21.7 Å². The van der Waals surface area contributed by atoms with Crippen molar-refractivity contribution in [3.8, 4) is 0 Å². The van der Waals surface area contributed by atoms with Gasteiger partial charge in [-0.15, -0.1) is 80.7 Å². The second-order valence-electron chi connectivity index (χ2n) is 12.7. The van der Waals surface area contributed by atoms with Crippen LogP contribution >= 0.6 is 15.8 Å². The Balaban J connectivity index is 0.000000200. The van der Waals surface area contributed by atoms with Crippen molar-refractivity contribution in [3.63, 3.8) is 0 Å². The summed E-state index contributed by atoms with van der Waals surface area (Å²) < 4.78 is 0. The molecule has 0 N–H and O–H groups in total. The molecule has 2 saturated carbocycles. The molecule has 0 aliphatic heterocycles. The number of hydrogen-bond donors (Lipinski definition) is 0. The monoisotopic (exact) mass is 728 g/mol. The molecule has 2 aliphatic carbocycles. The molecule has 0 spiro atoms. The van der Waals surface area contributed by atoms with Crippen LogP contribution in [-0.4, -0.2) is 11.3 Å². The average molecular weight is 730 g/mol. The smallest absolute Gasteiger partial charge is 1.00 e. The standard InChI is InChI=1S/C21H28P.C21H16P.2ClH.Ti/c2*1-3-11-19(12-4-1)22(20-13-5-2-6-14-20)21-15-17-9-7-8-10-18(17)16-21;;;/h7-10,15-16,19-20H,1-6,11-14H2;1-16H;2*1H;/q2*-1;;;+4/p-2. The number of benzene rings is 4. The van der Waals surface area contributed by atoms with E-state index in [0.717, 1.165) is 11.3 Å². The molecule has 0 unspecified atom stereocenters. The fraction of sp³-hybridized carbons (Fsp3) is 0.286. The van der Waals surface area contributed by atoms with Gasteiger partial charge in [-0.2, -0.15) is 12.1 Å². The Morgan fingerprint density at radius 3 is 1.28 bits per heavy atom. The minimum absolute atomic E-state index is 0. The van der Waals surface area contributed by atoms with E-state index in [9.17, 15) is 0 Å². The van der Waals surface area contributed by atoms with E-state index >= 15 is 0 Å². The van der Waals surface area contributed by atoms with E-state index in [-0.39, 0.29) is 54.5 Å². The maximum Gasteiger partial charge on any atom is 4.00 e. The van der Waals surface area contributed by atoms with Gasteiger partial charge in [0.2, 0.25) is 0 Å². The van der Waals surface area contributed by atoms with Gasteiger partial charge in [-0.1, -0.05) is 119 Å². The van der Waals surface area contributed by atoms with Gasteiger partial charge in [0.05, 0.1) is 0 Å². The molecule has 6 aromatic rings. The first-order valence-corrected chi connectivity index (χ1v) is 19.7. The minimum atomic E-state index is -0.493. The molecule has 0 amide bonds. The first kappa shape index (κ1) is 38.1. The fourth-order valence-electron chi connectivity index (χ4n) is 7.59. The van der Waals surface area contributed by atoms with E-state index in [1.54, 1.807) is 5.30 Å². The fourth-order valence-corrected chi connectivity index (χ4v) is 13.8. The van der Waals surface area contributed by atoms with Crippen LogP contribution < -0.4 is 46.0 Å². The molecule has 0 bridgehead atoms. The Labute approximate surface area is 312 Å². The number of halogens is 2. The maximum atomic E-state index is 2.55. The third kappa shape index (κ3) is 9.28. The third-order valence-electron chi connectivity index (χ3n) is 9.73. The predicted octanol–water partition coefficient (Wildman–Crippen LogP) is 4.65. The van der Waals surface area contributed by atoms with Crippen LogP contribution in [0.1, 0.15) is 64.2 Å². The van der Waals surface area contributed by atoms with Gasteiger partial charge in [0.15, 0.2) is 0 Å². The molecule has 2 fully saturated rings. The van der Waals surface area contributed by atoms with E-state index in [1.165, 1.54) is 102 Å². The Morgan fingerprint density at radius 2 is 0.830 bits per heavy atom. The van der Waals surface area contributed by atoms with Crippen LogP contribution in [0.4, 0.5) is 0 Å². The maximum absolute atomic E-state index is 2.55. The summed E-state index contributed by atoms with van der Waals surface area (Å²) in [6, 6.07) is 49.1. The van der Waals surface area contributed by atoms with Crippen molar-refractivity contribution in [1.82, 2.24) is 0 Å².